The molecule has 10 heteroatoms. The molecule has 0 bridgehead atoms. The van der Waals surface area contributed by atoms with Crippen LogP contribution < -0.4 is 11.0 Å². The lowest BCUT2D eigenvalue weighted by Crippen LogP contribution is -2.51. The lowest BCUT2D eigenvalue weighted by Gasteiger charge is -2.34. The maximum atomic E-state index is 12.5. The van der Waals surface area contributed by atoms with Crippen LogP contribution >= 0.6 is 11.3 Å². The average molecular weight is 402 g/mol. The highest BCUT2D eigenvalue weighted by molar-refractivity contribution is 7.18. The maximum absolute atomic E-state index is 12.5. The van der Waals surface area contributed by atoms with Gasteiger partial charge in [0, 0.05) is 43.9 Å². The molecule has 9 nitrogen and oxygen atoms in total. The molecular weight excluding hydrogens is 380 g/mol. The molecular formula is C18H22N6O3S. The smallest absolute Gasteiger partial charge is 0.270 e. The van der Waals surface area contributed by atoms with E-state index in [4.69, 9.17) is 0 Å². The fourth-order valence-corrected chi connectivity index (χ4v) is 4.55. The van der Waals surface area contributed by atoms with Crippen molar-refractivity contribution in [2.45, 2.75) is 33.2 Å². The Balaban J connectivity index is 1.39. The van der Waals surface area contributed by atoms with Crippen molar-refractivity contribution in [1.29, 1.82) is 0 Å². The van der Waals surface area contributed by atoms with E-state index in [2.05, 4.69) is 25.4 Å². The number of hydrogen-bond acceptors (Lipinski definition) is 7. The Labute approximate surface area is 165 Å². The molecule has 2 aliphatic rings. The molecule has 148 valence electrons. The topological polar surface area (TPSA) is 111 Å². The van der Waals surface area contributed by atoms with E-state index in [0.717, 1.165) is 15.3 Å². The molecule has 0 aromatic carbocycles. The zero-order valence-electron chi connectivity index (χ0n) is 15.9. The third-order valence-electron chi connectivity index (χ3n) is 5.27. The van der Waals surface area contributed by atoms with E-state index < -0.39 is 0 Å². The number of H-pyrrole nitrogens is 1. The second-order valence-electron chi connectivity index (χ2n) is 7.14. The number of hydrogen-bond donors (Lipinski definition) is 2. The van der Waals surface area contributed by atoms with Crippen LogP contribution in [0.15, 0.2) is 9.90 Å². The molecule has 2 aromatic rings. The number of nitrogens with one attached hydrogen (secondary N) is 2. The van der Waals surface area contributed by atoms with E-state index >= 15 is 0 Å². The first kappa shape index (κ1) is 18.8. The summed E-state index contributed by atoms with van der Waals surface area (Å²) in [6.45, 7) is 7.03. The third-order valence-corrected chi connectivity index (χ3v) is 6.37. The molecule has 2 N–H and O–H groups in total. The summed E-state index contributed by atoms with van der Waals surface area (Å²) in [6, 6.07) is 0. The standard InChI is InChI=1S/C18H22N6O3S/c1-10-11(2)28-17-15(10)16(26)19-13(20-17)9-23-5-7-24(8-6-23)18(27)12-3-4-14(25)22-21-12/h3-9H2,1-2H3,(H,22,25)(H,19,20,26). The van der Waals surface area contributed by atoms with Crippen LogP contribution in [0.3, 0.4) is 0 Å². The molecule has 4 rings (SSSR count). The van der Waals surface area contributed by atoms with Crippen LogP contribution in [-0.2, 0) is 16.1 Å². The Bertz CT molecular complexity index is 1030. The molecule has 1 saturated heterocycles. The highest BCUT2D eigenvalue weighted by Crippen LogP contribution is 2.25. The molecule has 28 heavy (non-hydrogen) atoms. The molecule has 1 fully saturated rings. The summed E-state index contributed by atoms with van der Waals surface area (Å²) in [4.78, 5) is 49.4. The molecule has 0 saturated carbocycles. The van der Waals surface area contributed by atoms with Crippen LogP contribution in [0.25, 0.3) is 10.2 Å². The molecule has 0 radical (unpaired) electrons. The first-order valence-corrected chi connectivity index (χ1v) is 10.1. The van der Waals surface area contributed by atoms with Gasteiger partial charge in [-0.05, 0) is 19.4 Å². The summed E-state index contributed by atoms with van der Waals surface area (Å²) < 4.78 is 0. The second kappa shape index (κ2) is 7.44. The quantitative estimate of drug-likeness (QED) is 0.777. The van der Waals surface area contributed by atoms with E-state index in [-0.39, 0.29) is 17.4 Å². The van der Waals surface area contributed by atoms with Crippen molar-refractivity contribution in [3.8, 4) is 0 Å². The minimum Gasteiger partial charge on any atom is -0.335 e. The van der Waals surface area contributed by atoms with Gasteiger partial charge in [-0.2, -0.15) is 5.10 Å². The van der Waals surface area contributed by atoms with Crippen molar-refractivity contribution in [1.82, 2.24) is 25.2 Å². The number of rotatable bonds is 3. The van der Waals surface area contributed by atoms with Gasteiger partial charge in [0.15, 0.2) is 0 Å². The predicted octanol–water partition coefficient (Wildman–Crippen LogP) is 0.512. The number of hydrazone groups is 1. The van der Waals surface area contributed by atoms with Gasteiger partial charge in [-0.3, -0.25) is 19.3 Å². The summed E-state index contributed by atoms with van der Waals surface area (Å²) in [5.74, 6) is 0.381. The SMILES string of the molecule is Cc1sc2nc(CN3CCN(C(=O)C4=NNC(=O)CC4)CC3)[nH]c(=O)c2c1C. The lowest BCUT2D eigenvalue weighted by atomic mass is 10.1. The Kier molecular flexibility index (Phi) is 4.98. The van der Waals surface area contributed by atoms with Gasteiger partial charge in [-0.1, -0.05) is 0 Å². The van der Waals surface area contributed by atoms with Gasteiger partial charge >= 0.3 is 0 Å². The number of carbonyl (C=O) groups is 2. The van der Waals surface area contributed by atoms with Gasteiger partial charge in [-0.25, -0.2) is 10.4 Å². The number of piperazine rings is 1. The maximum Gasteiger partial charge on any atom is 0.270 e. The van der Waals surface area contributed by atoms with Crippen LogP contribution in [0.2, 0.25) is 0 Å². The van der Waals surface area contributed by atoms with Crippen LogP contribution in [0.4, 0.5) is 0 Å². The number of aryl methyl sites for hydroxylation is 2. The van der Waals surface area contributed by atoms with Gasteiger partial charge in [0.25, 0.3) is 11.5 Å². The highest BCUT2D eigenvalue weighted by Gasteiger charge is 2.27. The molecule has 0 unspecified atom stereocenters. The summed E-state index contributed by atoms with van der Waals surface area (Å²) in [6.07, 6.45) is 0.684. The van der Waals surface area contributed by atoms with Crippen LogP contribution in [0.1, 0.15) is 29.1 Å². The largest absolute Gasteiger partial charge is 0.335 e. The molecule has 2 aliphatic heterocycles. The van der Waals surface area contributed by atoms with E-state index in [1.54, 1.807) is 16.2 Å². The number of fused-ring (bicyclic) bond motifs is 1. The summed E-state index contributed by atoms with van der Waals surface area (Å²) in [5, 5.41) is 4.57. The van der Waals surface area contributed by atoms with Crippen molar-refractivity contribution >= 4 is 39.1 Å². The fourth-order valence-electron chi connectivity index (χ4n) is 3.51. The van der Waals surface area contributed by atoms with Crippen LogP contribution in [0.5, 0.6) is 0 Å². The summed E-state index contributed by atoms with van der Waals surface area (Å²) >= 11 is 1.54. The average Bonchev–Trinajstić information content (AvgIpc) is 2.96. The second-order valence-corrected chi connectivity index (χ2v) is 8.34. The number of carbonyl (C=O) groups excluding carboxylic acids is 2. The van der Waals surface area contributed by atoms with Gasteiger partial charge in [0.1, 0.15) is 16.4 Å². The summed E-state index contributed by atoms with van der Waals surface area (Å²) in [5.41, 5.74) is 3.68. The highest BCUT2D eigenvalue weighted by atomic mass is 32.1. The number of aromatic nitrogens is 2. The number of aromatic amines is 1. The Morgan fingerprint density at radius 3 is 2.57 bits per heavy atom. The predicted molar refractivity (Wildman–Crippen MR) is 106 cm³/mol. The van der Waals surface area contributed by atoms with Crippen molar-refractivity contribution in [3.05, 3.63) is 26.6 Å². The monoisotopic (exact) mass is 402 g/mol. The van der Waals surface area contributed by atoms with Gasteiger partial charge in [0.2, 0.25) is 5.91 Å². The van der Waals surface area contributed by atoms with E-state index in [0.29, 0.717) is 62.5 Å². The number of amides is 2. The molecule has 0 aliphatic carbocycles. The zero-order valence-corrected chi connectivity index (χ0v) is 16.7. The van der Waals surface area contributed by atoms with Gasteiger partial charge in [-0.15, -0.1) is 11.3 Å². The van der Waals surface area contributed by atoms with E-state index in [1.165, 1.54) is 0 Å². The Hall–Kier alpha value is -2.59. The first-order chi connectivity index (χ1) is 13.4. The van der Waals surface area contributed by atoms with E-state index in [9.17, 15) is 14.4 Å². The lowest BCUT2D eigenvalue weighted by molar-refractivity contribution is -0.126. The van der Waals surface area contributed by atoms with Crippen molar-refractivity contribution in [2.24, 2.45) is 5.10 Å². The Morgan fingerprint density at radius 1 is 1.14 bits per heavy atom. The molecule has 2 amide bonds. The minimum absolute atomic E-state index is 0.0898. The van der Waals surface area contributed by atoms with Gasteiger partial charge in [0.05, 0.1) is 11.9 Å². The fraction of sp³-hybridized carbons (Fsp3) is 0.500. The third kappa shape index (κ3) is 3.57. The number of nitrogens with zero attached hydrogens (tertiary/aromatic N) is 4. The minimum atomic E-state index is -0.157. The van der Waals surface area contributed by atoms with Crippen molar-refractivity contribution < 1.29 is 9.59 Å². The zero-order chi connectivity index (χ0) is 19.8. The van der Waals surface area contributed by atoms with Crippen molar-refractivity contribution in [3.63, 3.8) is 0 Å². The number of thiophene rings is 1. The molecule has 2 aromatic heterocycles. The summed E-state index contributed by atoms with van der Waals surface area (Å²) in [7, 11) is 0. The molecule has 4 heterocycles. The first-order valence-electron chi connectivity index (χ1n) is 9.28. The van der Waals surface area contributed by atoms with Crippen molar-refractivity contribution in [2.75, 3.05) is 26.2 Å². The van der Waals surface area contributed by atoms with E-state index in [1.807, 2.05) is 13.8 Å². The molecule has 0 atom stereocenters. The van der Waals surface area contributed by atoms with Crippen LogP contribution in [0, 0.1) is 13.8 Å². The Morgan fingerprint density at radius 2 is 1.89 bits per heavy atom. The molecule has 0 spiro atoms. The van der Waals surface area contributed by atoms with Crippen LogP contribution in [-0.4, -0.2) is 63.5 Å². The normalized spacial score (nSPS) is 18.3. The van der Waals surface area contributed by atoms with Gasteiger partial charge < -0.3 is 9.88 Å².